The summed E-state index contributed by atoms with van der Waals surface area (Å²) in [5, 5.41) is 1.88. The van der Waals surface area contributed by atoms with E-state index in [1.54, 1.807) is 0 Å². The average molecular weight is 649 g/mol. The summed E-state index contributed by atoms with van der Waals surface area (Å²) in [6, 6.07) is 1.71. The molecule has 1 heterocycles. The molecule has 5 N–H and O–H groups in total. The molecule has 0 aromatic carbocycles. The van der Waals surface area contributed by atoms with Crippen molar-refractivity contribution in [3.8, 4) is 0 Å². The summed E-state index contributed by atoms with van der Waals surface area (Å²) in [6.45, 7) is 16.2. The second-order valence-electron chi connectivity index (χ2n) is 10.4. The number of hydrazine groups is 2. The lowest BCUT2D eigenvalue weighted by molar-refractivity contribution is 0.0698. The SMILES string of the molecule is CCO[Si](CCCCCCC1=NC(CCCCCC[Si](OCC)(OCC)OCC)N(NN)C(CCN)=N1)(OCC)OCC. The fraction of sp³-hybridized carbons (Fsp3) is 0.931. The third-order valence-electron chi connectivity index (χ3n) is 7.15. The summed E-state index contributed by atoms with van der Waals surface area (Å²) in [5.41, 5.74) is 8.72. The fourth-order valence-electron chi connectivity index (χ4n) is 5.42. The Morgan fingerprint density at radius 1 is 0.651 bits per heavy atom. The number of nitrogens with one attached hydrogen (secondary N) is 1. The first-order valence-corrected chi connectivity index (χ1v) is 20.7. The summed E-state index contributed by atoms with van der Waals surface area (Å²) >= 11 is 0. The number of unbranched alkanes of at least 4 members (excludes halogenated alkanes) is 6. The highest BCUT2D eigenvalue weighted by Crippen LogP contribution is 2.23. The highest BCUT2D eigenvalue weighted by molar-refractivity contribution is 6.61. The van der Waals surface area contributed by atoms with Crippen LogP contribution in [0.2, 0.25) is 12.1 Å². The van der Waals surface area contributed by atoms with E-state index in [-0.39, 0.29) is 6.17 Å². The molecule has 0 radical (unpaired) electrons. The standard InChI is InChI=1S/C29H64N6O6Si2/c1-7-36-42(37-8-2,38-9-3)25-19-15-13-17-21-27-32-28(35(34-31)29(33-27)23-24-30)22-18-14-16-20-26-43(39-10-4,40-11-5)41-12-6/h28,34H,7-26,30-31H2,1-6H3. The summed E-state index contributed by atoms with van der Waals surface area (Å²) in [6.07, 6.45) is 10.8. The highest BCUT2D eigenvalue weighted by atomic mass is 28.4. The van der Waals surface area contributed by atoms with Crippen LogP contribution in [-0.2, 0) is 26.6 Å². The van der Waals surface area contributed by atoms with Crippen molar-refractivity contribution in [3.05, 3.63) is 0 Å². The summed E-state index contributed by atoms with van der Waals surface area (Å²) < 4.78 is 36.0. The van der Waals surface area contributed by atoms with Gasteiger partial charge in [0.05, 0.1) is 0 Å². The van der Waals surface area contributed by atoms with E-state index in [2.05, 4.69) is 5.53 Å². The van der Waals surface area contributed by atoms with Gasteiger partial charge in [0.15, 0.2) is 0 Å². The molecule has 1 unspecified atom stereocenters. The van der Waals surface area contributed by atoms with Crippen molar-refractivity contribution in [2.75, 3.05) is 46.2 Å². The van der Waals surface area contributed by atoms with Gasteiger partial charge in [0, 0.05) is 64.6 Å². The molecule has 0 spiro atoms. The molecule has 0 saturated heterocycles. The van der Waals surface area contributed by atoms with Crippen LogP contribution in [0.5, 0.6) is 0 Å². The van der Waals surface area contributed by atoms with Crippen molar-refractivity contribution in [2.45, 2.75) is 130 Å². The van der Waals surface area contributed by atoms with Crippen molar-refractivity contribution in [3.63, 3.8) is 0 Å². The van der Waals surface area contributed by atoms with E-state index < -0.39 is 17.6 Å². The molecular formula is C29H64N6O6Si2. The molecule has 1 atom stereocenters. The van der Waals surface area contributed by atoms with E-state index in [1.807, 2.05) is 46.6 Å². The molecule has 1 aliphatic rings. The molecule has 0 fully saturated rings. The molecule has 12 nitrogen and oxygen atoms in total. The molecule has 0 aliphatic carbocycles. The Morgan fingerprint density at radius 2 is 1.09 bits per heavy atom. The van der Waals surface area contributed by atoms with E-state index in [1.165, 1.54) is 0 Å². The Morgan fingerprint density at radius 3 is 1.51 bits per heavy atom. The molecule has 1 aliphatic heterocycles. The topological polar surface area (TPSA) is 147 Å². The van der Waals surface area contributed by atoms with E-state index in [0.717, 1.165) is 88.0 Å². The Bertz CT molecular complexity index is 733. The van der Waals surface area contributed by atoms with E-state index in [9.17, 15) is 0 Å². The Balaban J connectivity index is 2.61. The van der Waals surface area contributed by atoms with Crippen LogP contribution in [0.1, 0.15) is 112 Å². The molecule has 0 bridgehead atoms. The molecular weight excluding hydrogens is 585 g/mol. The van der Waals surface area contributed by atoms with Gasteiger partial charge in [0.2, 0.25) is 0 Å². The minimum Gasteiger partial charge on any atom is -0.374 e. The van der Waals surface area contributed by atoms with Crippen molar-refractivity contribution in [1.82, 2.24) is 10.5 Å². The first-order valence-electron chi connectivity index (χ1n) is 16.9. The van der Waals surface area contributed by atoms with Gasteiger partial charge in [-0.3, -0.25) is 10.9 Å². The quantitative estimate of drug-likeness (QED) is 0.0431. The van der Waals surface area contributed by atoms with Crippen LogP contribution in [-0.4, -0.2) is 86.6 Å². The summed E-state index contributed by atoms with van der Waals surface area (Å²) in [7, 11) is -5.14. The summed E-state index contributed by atoms with van der Waals surface area (Å²) in [5.74, 6) is 7.67. The Hall–Kier alpha value is -0.786. The van der Waals surface area contributed by atoms with Crippen LogP contribution < -0.4 is 17.1 Å². The number of hydrogen-bond acceptors (Lipinski definition) is 12. The second kappa shape index (κ2) is 24.4. The maximum absolute atomic E-state index is 5.99. The van der Waals surface area contributed by atoms with Crippen molar-refractivity contribution in [1.29, 1.82) is 0 Å². The number of nitrogens with zero attached hydrogens (tertiary/aromatic N) is 3. The van der Waals surface area contributed by atoms with Crippen LogP contribution in [0.15, 0.2) is 9.98 Å². The number of aliphatic imine (C=N–C) groups is 2. The molecule has 0 aromatic rings. The third kappa shape index (κ3) is 15.4. The van der Waals surface area contributed by atoms with Gasteiger partial charge in [-0.25, -0.2) is 9.98 Å². The molecule has 1 rings (SSSR count). The van der Waals surface area contributed by atoms with Crippen LogP contribution in [0.4, 0.5) is 0 Å². The molecule has 43 heavy (non-hydrogen) atoms. The predicted octanol–water partition coefficient (Wildman–Crippen LogP) is 5.15. The van der Waals surface area contributed by atoms with Gasteiger partial charge in [-0.05, 0) is 80.2 Å². The van der Waals surface area contributed by atoms with Crippen LogP contribution in [0.25, 0.3) is 0 Å². The number of amidine groups is 2. The van der Waals surface area contributed by atoms with Crippen molar-refractivity contribution >= 4 is 29.3 Å². The Kier molecular flexibility index (Phi) is 22.9. The third-order valence-corrected chi connectivity index (χ3v) is 13.5. The van der Waals surface area contributed by atoms with Gasteiger partial charge in [0.25, 0.3) is 0 Å². The lowest BCUT2D eigenvalue weighted by Crippen LogP contribution is -2.54. The van der Waals surface area contributed by atoms with Crippen LogP contribution in [0, 0.1) is 0 Å². The molecule has 0 aromatic heterocycles. The molecule has 0 saturated carbocycles. The van der Waals surface area contributed by atoms with E-state index in [0.29, 0.717) is 52.6 Å². The van der Waals surface area contributed by atoms with Gasteiger partial charge < -0.3 is 32.3 Å². The van der Waals surface area contributed by atoms with E-state index >= 15 is 0 Å². The molecule has 254 valence electrons. The lowest BCUT2D eigenvalue weighted by atomic mass is 10.1. The van der Waals surface area contributed by atoms with Crippen molar-refractivity contribution in [2.24, 2.45) is 21.6 Å². The number of hydrogen-bond donors (Lipinski definition) is 3. The molecule has 0 amide bonds. The van der Waals surface area contributed by atoms with Gasteiger partial charge in [-0.15, -0.1) is 0 Å². The summed E-state index contributed by atoms with van der Waals surface area (Å²) in [4.78, 5) is 9.81. The van der Waals surface area contributed by atoms with Gasteiger partial charge in [-0.2, -0.15) is 5.53 Å². The average Bonchev–Trinajstić information content (AvgIpc) is 2.97. The minimum absolute atomic E-state index is 0.0852. The largest absolute Gasteiger partial charge is 0.500 e. The minimum atomic E-state index is -2.58. The first-order chi connectivity index (χ1) is 20.9. The van der Waals surface area contributed by atoms with Crippen molar-refractivity contribution < 1.29 is 26.6 Å². The predicted molar refractivity (Wildman–Crippen MR) is 179 cm³/mol. The second-order valence-corrected chi connectivity index (χ2v) is 15.9. The first kappa shape index (κ1) is 40.2. The fourth-order valence-corrected chi connectivity index (χ4v) is 10.8. The zero-order valence-electron chi connectivity index (χ0n) is 28.2. The van der Waals surface area contributed by atoms with Crippen LogP contribution >= 0.6 is 0 Å². The highest BCUT2D eigenvalue weighted by Gasteiger charge is 2.40. The monoisotopic (exact) mass is 648 g/mol. The smallest absolute Gasteiger partial charge is 0.374 e. The van der Waals surface area contributed by atoms with Crippen LogP contribution in [0.3, 0.4) is 0 Å². The lowest BCUT2D eigenvalue weighted by Gasteiger charge is -2.34. The van der Waals surface area contributed by atoms with Gasteiger partial charge in [0.1, 0.15) is 17.8 Å². The zero-order chi connectivity index (χ0) is 31.8. The van der Waals surface area contributed by atoms with Gasteiger partial charge >= 0.3 is 17.6 Å². The van der Waals surface area contributed by atoms with Gasteiger partial charge in [-0.1, -0.05) is 25.7 Å². The maximum Gasteiger partial charge on any atom is 0.500 e. The number of rotatable bonds is 29. The normalized spacial score (nSPS) is 16.1. The zero-order valence-corrected chi connectivity index (χ0v) is 30.2. The Labute approximate surface area is 264 Å². The maximum atomic E-state index is 5.99. The van der Waals surface area contributed by atoms with E-state index in [4.69, 9.17) is 48.1 Å². The molecule has 14 heteroatoms. The number of nitrogens with two attached hydrogens (primary N) is 2.